The minimum Gasteiger partial charge on any atom is -0.477 e. The predicted molar refractivity (Wildman–Crippen MR) is 53.6 cm³/mol. The van der Waals surface area contributed by atoms with Crippen LogP contribution in [0.15, 0.2) is 28.9 Å². The summed E-state index contributed by atoms with van der Waals surface area (Å²) in [5.41, 5.74) is 0.767. The summed E-state index contributed by atoms with van der Waals surface area (Å²) in [7, 11) is 0. The predicted octanol–water partition coefficient (Wildman–Crippen LogP) is 2.49. The quantitative estimate of drug-likeness (QED) is 0.846. The molecule has 0 aliphatic heterocycles. The van der Waals surface area contributed by atoms with Crippen molar-refractivity contribution < 1.29 is 18.8 Å². The number of carboxylic acids is 1. The van der Waals surface area contributed by atoms with Gasteiger partial charge in [-0.3, -0.25) is 0 Å². The van der Waals surface area contributed by atoms with E-state index >= 15 is 0 Å². The van der Waals surface area contributed by atoms with Crippen LogP contribution in [0.1, 0.15) is 15.9 Å². The molecule has 0 aliphatic carbocycles. The Bertz CT molecular complexity index is 548. The topological polar surface area (TPSA) is 63.3 Å². The van der Waals surface area contributed by atoms with Gasteiger partial charge in [-0.2, -0.15) is 0 Å². The van der Waals surface area contributed by atoms with Gasteiger partial charge in [0.2, 0.25) is 0 Å². The van der Waals surface area contributed by atoms with Crippen LogP contribution in [0.2, 0.25) is 0 Å². The third kappa shape index (κ3) is 1.67. The van der Waals surface area contributed by atoms with Crippen molar-refractivity contribution in [1.82, 2.24) is 5.16 Å². The molecule has 5 heteroatoms. The molecule has 2 aromatic rings. The zero-order valence-corrected chi connectivity index (χ0v) is 8.40. The van der Waals surface area contributed by atoms with Gasteiger partial charge in [0.1, 0.15) is 11.4 Å². The number of nitrogens with zero attached hydrogens (tertiary/aromatic N) is 1. The summed E-state index contributed by atoms with van der Waals surface area (Å²) >= 11 is 0. The molecule has 0 radical (unpaired) electrons. The summed E-state index contributed by atoms with van der Waals surface area (Å²) in [6.45, 7) is 1.78. The van der Waals surface area contributed by atoms with E-state index in [1.54, 1.807) is 13.0 Å². The monoisotopic (exact) mass is 221 g/mol. The average molecular weight is 221 g/mol. The molecule has 1 aromatic heterocycles. The van der Waals surface area contributed by atoms with Gasteiger partial charge in [-0.25, -0.2) is 9.18 Å². The fourth-order valence-electron chi connectivity index (χ4n) is 1.40. The molecule has 1 heterocycles. The third-order valence-corrected chi connectivity index (χ3v) is 2.17. The molecule has 82 valence electrons. The van der Waals surface area contributed by atoms with Crippen LogP contribution in [0.25, 0.3) is 11.3 Å². The molecule has 4 nitrogen and oxygen atoms in total. The van der Waals surface area contributed by atoms with E-state index in [2.05, 4.69) is 5.16 Å². The molecule has 1 N–H and O–H groups in total. The van der Waals surface area contributed by atoms with Gasteiger partial charge < -0.3 is 9.63 Å². The summed E-state index contributed by atoms with van der Waals surface area (Å²) in [5, 5.41) is 12.2. The number of aromatic carboxylic acids is 1. The van der Waals surface area contributed by atoms with E-state index in [1.807, 2.05) is 0 Å². The smallest absolute Gasteiger partial charge is 0.341 e. The van der Waals surface area contributed by atoms with Gasteiger partial charge in [-0.15, -0.1) is 0 Å². The molecular formula is C11H8FNO3. The van der Waals surface area contributed by atoms with Gasteiger partial charge in [0.15, 0.2) is 5.76 Å². The van der Waals surface area contributed by atoms with Crippen LogP contribution < -0.4 is 0 Å². The number of halogens is 1. The van der Waals surface area contributed by atoms with Crippen molar-refractivity contribution in [3.8, 4) is 11.3 Å². The van der Waals surface area contributed by atoms with Gasteiger partial charge in [-0.1, -0.05) is 16.8 Å². The second kappa shape index (κ2) is 3.77. The van der Waals surface area contributed by atoms with Crippen LogP contribution in [0.5, 0.6) is 0 Å². The lowest BCUT2D eigenvalue weighted by Gasteiger charge is -2.01. The van der Waals surface area contributed by atoms with Crippen molar-refractivity contribution in [2.75, 3.05) is 0 Å². The molecule has 0 atom stereocenters. The van der Waals surface area contributed by atoms with Crippen LogP contribution in [-0.2, 0) is 0 Å². The number of aromatic nitrogens is 1. The standard InChI is InChI=1S/C11H8FNO3/c1-6-2-3-9(12)7(4-6)10-8(11(14)15)5-13-16-10/h2-5H,1H3,(H,14,15). The Labute approximate surface area is 90.3 Å². The molecule has 1 aromatic carbocycles. The molecule has 2 rings (SSSR count). The van der Waals surface area contributed by atoms with E-state index in [9.17, 15) is 9.18 Å². The Hall–Kier alpha value is -2.17. The lowest BCUT2D eigenvalue weighted by molar-refractivity contribution is 0.0697. The van der Waals surface area contributed by atoms with Gasteiger partial charge >= 0.3 is 5.97 Å². The average Bonchev–Trinajstić information content (AvgIpc) is 2.70. The fraction of sp³-hybridized carbons (Fsp3) is 0.0909. The molecule has 0 aliphatic rings. The first-order chi connectivity index (χ1) is 7.59. The number of carboxylic acid groups (broad SMARTS) is 1. The van der Waals surface area contributed by atoms with Crippen LogP contribution in [0, 0.1) is 12.7 Å². The van der Waals surface area contributed by atoms with Gasteiger partial charge in [0.25, 0.3) is 0 Å². The van der Waals surface area contributed by atoms with Crippen molar-refractivity contribution in [2.24, 2.45) is 0 Å². The highest BCUT2D eigenvalue weighted by atomic mass is 19.1. The number of benzene rings is 1. The normalized spacial score (nSPS) is 10.4. The summed E-state index contributed by atoms with van der Waals surface area (Å²) in [5.74, 6) is -1.80. The Morgan fingerprint density at radius 1 is 1.50 bits per heavy atom. The zero-order chi connectivity index (χ0) is 11.7. The third-order valence-electron chi connectivity index (χ3n) is 2.17. The van der Waals surface area contributed by atoms with Crippen molar-refractivity contribution in [3.63, 3.8) is 0 Å². The van der Waals surface area contributed by atoms with E-state index in [1.165, 1.54) is 12.1 Å². The molecule has 0 spiro atoms. The molecule has 0 saturated heterocycles. The first kappa shape index (κ1) is 10.4. The minimum atomic E-state index is -1.20. The van der Waals surface area contributed by atoms with E-state index in [0.29, 0.717) is 0 Å². The SMILES string of the molecule is Cc1ccc(F)c(-c2oncc2C(=O)O)c1. The molecule has 0 bridgehead atoms. The Balaban J connectivity index is 2.62. The molecule has 0 fully saturated rings. The van der Waals surface area contributed by atoms with Crippen molar-refractivity contribution in [2.45, 2.75) is 6.92 Å². The van der Waals surface area contributed by atoms with Crippen molar-refractivity contribution >= 4 is 5.97 Å². The van der Waals surface area contributed by atoms with Gasteiger partial charge in [-0.05, 0) is 19.1 Å². The highest BCUT2D eigenvalue weighted by molar-refractivity contribution is 5.93. The van der Waals surface area contributed by atoms with Crippen LogP contribution >= 0.6 is 0 Å². The largest absolute Gasteiger partial charge is 0.477 e. The number of carbonyl (C=O) groups is 1. The van der Waals surface area contributed by atoms with E-state index in [-0.39, 0.29) is 16.9 Å². The maximum absolute atomic E-state index is 13.5. The number of rotatable bonds is 2. The molecule has 0 amide bonds. The molecule has 0 unspecified atom stereocenters. The maximum atomic E-state index is 13.5. The Morgan fingerprint density at radius 3 is 2.94 bits per heavy atom. The lowest BCUT2D eigenvalue weighted by atomic mass is 10.1. The van der Waals surface area contributed by atoms with E-state index < -0.39 is 11.8 Å². The number of hydrogen-bond acceptors (Lipinski definition) is 3. The van der Waals surface area contributed by atoms with Crippen LogP contribution in [0.4, 0.5) is 4.39 Å². The van der Waals surface area contributed by atoms with Crippen LogP contribution in [0.3, 0.4) is 0 Å². The van der Waals surface area contributed by atoms with Gasteiger partial charge in [0, 0.05) is 0 Å². The second-order valence-electron chi connectivity index (χ2n) is 3.36. The Morgan fingerprint density at radius 2 is 2.25 bits per heavy atom. The van der Waals surface area contributed by atoms with Crippen molar-refractivity contribution in [3.05, 3.63) is 41.3 Å². The lowest BCUT2D eigenvalue weighted by Crippen LogP contribution is -1.97. The maximum Gasteiger partial charge on any atom is 0.341 e. The van der Waals surface area contributed by atoms with Gasteiger partial charge in [0.05, 0.1) is 11.8 Å². The summed E-state index contributed by atoms with van der Waals surface area (Å²) < 4.78 is 18.3. The summed E-state index contributed by atoms with van der Waals surface area (Å²) in [4.78, 5) is 10.8. The second-order valence-corrected chi connectivity index (χ2v) is 3.36. The summed E-state index contributed by atoms with van der Waals surface area (Å²) in [6.07, 6.45) is 1.06. The zero-order valence-electron chi connectivity index (χ0n) is 8.40. The molecular weight excluding hydrogens is 213 g/mol. The molecule has 16 heavy (non-hydrogen) atoms. The highest BCUT2D eigenvalue weighted by Gasteiger charge is 2.19. The first-order valence-corrected chi connectivity index (χ1v) is 4.54. The fourth-order valence-corrected chi connectivity index (χ4v) is 1.40. The first-order valence-electron chi connectivity index (χ1n) is 4.54. The number of hydrogen-bond donors (Lipinski definition) is 1. The van der Waals surface area contributed by atoms with E-state index in [0.717, 1.165) is 11.8 Å². The van der Waals surface area contributed by atoms with Crippen LogP contribution in [-0.4, -0.2) is 16.2 Å². The highest BCUT2D eigenvalue weighted by Crippen LogP contribution is 2.27. The Kier molecular flexibility index (Phi) is 2.44. The summed E-state index contributed by atoms with van der Waals surface area (Å²) in [6, 6.07) is 4.37. The van der Waals surface area contributed by atoms with E-state index in [4.69, 9.17) is 9.63 Å². The molecule has 0 saturated carbocycles. The number of aryl methyl sites for hydroxylation is 1. The van der Waals surface area contributed by atoms with Crippen molar-refractivity contribution in [1.29, 1.82) is 0 Å². The minimum absolute atomic E-state index is 0.0614.